The molecule has 1 unspecified atom stereocenters. The Morgan fingerprint density at radius 1 is 1.19 bits per heavy atom. The molecule has 2 aromatic carbocycles. The van der Waals surface area contributed by atoms with E-state index in [1.54, 1.807) is 19.1 Å². The van der Waals surface area contributed by atoms with E-state index in [-0.39, 0.29) is 6.04 Å². The predicted molar refractivity (Wildman–Crippen MR) is 82.7 cm³/mol. The van der Waals surface area contributed by atoms with Crippen LogP contribution >= 0.6 is 15.9 Å². The van der Waals surface area contributed by atoms with Gasteiger partial charge in [0.2, 0.25) is 0 Å². The molecule has 0 bridgehead atoms. The zero-order chi connectivity index (χ0) is 15.6. The van der Waals surface area contributed by atoms with Gasteiger partial charge in [-0.2, -0.15) is 0 Å². The van der Waals surface area contributed by atoms with E-state index in [0.717, 1.165) is 10.0 Å². The zero-order valence-electron chi connectivity index (χ0n) is 11.8. The monoisotopic (exact) mass is 355 g/mol. The molecule has 2 aromatic rings. The largest absolute Gasteiger partial charge is 0.451 e. The smallest absolute Gasteiger partial charge is 0.198 e. The summed E-state index contributed by atoms with van der Waals surface area (Å²) in [6, 6.07) is 7.66. The van der Waals surface area contributed by atoms with Crippen molar-refractivity contribution in [1.29, 1.82) is 0 Å². The fraction of sp³-hybridized carbons (Fsp3) is 0.250. The van der Waals surface area contributed by atoms with E-state index in [1.807, 2.05) is 13.0 Å². The minimum absolute atomic E-state index is 0.164. The van der Waals surface area contributed by atoms with Crippen molar-refractivity contribution in [3.63, 3.8) is 0 Å². The van der Waals surface area contributed by atoms with E-state index in [0.29, 0.717) is 17.7 Å². The first-order valence-corrected chi connectivity index (χ1v) is 7.33. The summed E-state index contributed by atoms with van der Waals surface area (Å²) < 4.78 is 34.3. The number of aryl methyl sites for hydroxylation is 1. The maximum Gasteiger partial charge on any atom is 0.198 e. The van der Waals surface area contributed by atoms with Crippen molar-refractivity contribution in [2.75, 3.05) is 0 Å². The minimum Gasteiger partial charge on any atom is -0.451 e. The molecule has 0 aliphatic carbocycles. The predicted octanol–water partition coefficient (Wildman–Crippen LogP) is 4.72. The molecule has 0 amide bonds. The second-order valence-electron chi connectivity index (χ2n) is 5.08. The van der Waals surface area contributed by atoms with Crippen molar-refractivity contribution in [2.24, 2.45) is 5.73 Å². The maximum atomic E-state index is 14.1. The van der Waals surface area contributed by atoms with Gasteiger partial charge in [0, 0.05) is 10.5 Å². The van der Waals surface area contributed by atoms with Crippen LogP contribution < -0.4 is 10.5 Å². The van der Waals surface area contributed by atoms with Gasteiger partial charge in [-0.15, -0.1) is 0 Å². The van der Waals surface area contributed by atoms with Gasteiger partial charge in [0.15, 0.2) is 17.4 Å². The molecule has 2 nitrogen and oxygen atoms in total. The third-order valence-electron chi connectivity index (χ3n) is 2.98. The van der Waals surface area contributed by atoms with Gasteiger partial charge in [0.1, 0.15) is 5.75 Å². The molecule has 5 heteroatoms. The van der Waals surface area contributed by atoms with Gasteiger partial charge >= 0.3 is 0 Å². The van der Waals surface area contributed by atoms with Crippen LogP contribution in [-0.4, -0.2) is 6.04 Å². The summed E-state index contributed by atoms with van der Waals surface area (Å²) in [5.74, 6) is -1.46. The van der Waals surface area contributed by atoms with Crippen LogP contribution in [0.1, 0.15) is 18.1 Å². The zero-order valence-corrected chi connectivity index (χ0v) is 13.4. The van der Waals surface area contributed by atoms with Crippen molar-refractivity contribution in [1.82, 2.24) is 0 Å². The van der Waals surface area contributed by atoms with E-state index in [1.165, 1.54) is 12.1 Å². The quantitative estimate of drug-likeness (QED) is 0.861. The maximum absolute atomic E-state index is 14.1. The Balaban J connectivity index is 2.34. The van der Waals surface area contributed by atoms with Crippen molar-refractivity contribution < 1.29 is 13.5 Å². The lowest BCUT2D eigenvalue weighted by atomic mass is 10.1. The lowest BCUT2D eigenvalue weighted by molar-refractivity contribution is 0.404. The molecule has 0 fully saturated rings. The van der Waals surface area contributed by atoms with Crippen LogP contribution in [0.2, 0.25) is 0 Å². The van der Waals surface area contributed by atoms with Gasteiger partial charge in [0.25, 0.3) is 0 Å². The molecule has 21 heavy (non-hydrogen) atoms. The lowest BCUT2D eigenvalue weighted by Crippen LogP contribution is -2.18. The second kappa shape index (κ2) is 6.54. The lowest BCUT2D eigenvalue weighted by Gasteiger charge is -2.13. The number of rotatable bonds is 4. The minimum atomic E-state index is -0.731. The van der Waals surface area contributed by atoms with Crippen molar-refractivity contribution >= 4 is 15.9 Å². The Morgan fingerprint density at radius 2 is 1.81 bits per heavy atom. The first-order valence-electron chi connectivity index (χ1n) is 6.54. The Bertz CT molecular complexity index is 636. The molecule has 0 saturated carbocycles. The third kappa shape index (κ3) is 4.02. The highest BCUT2D eigenvalue weighted by Gasteiger charge is 2.15. The summed E-state index contributed by atoms with van der Waals surface area (Å²) >= 11 is 3.30. The van der Waals surface area contributed by atoms with Crippen LogP contribution in [0.15, 0.2) is 34.8 Å². The summed E-state index contributed by atoms with van der Waals surface area (Å²) in [6.45, 7) is 3.59. The molecule has 2 N–H and O–H groups in total. The van der Waals surface area contributed by atoms with Crippen LogP contribution in [0, 0.1) is 18.6 Å². The molecular formula is C16H16BrF2NO. The summed E-state index contributed by atoms with van der Waals surface area (Å²) in [6.07, 6.45) is 0.407. The summed E-state index contributed by atoms with van der Waals surface area (Å²) in [7, 11) is 0. The number of hydrogen-bond acceptors (Lipinski definition) is 2. The van der Waals surface area contributed by atoms with Gasteiger partial charge < -0.3 is 10.5 Å². The van der Waals surface area contributed by atoms with Crippen LogP contribution in [0.3, 0.4) is 0 Å². The normalized spacial score (nSPS) is 12.3. The third-order valence-corrected chi connectivity index (χ3v) is 3.47. The van der Waals surface area contributed by atoms with Crippen LogP contribution in [-0.2, 0) is 6.42 Å². The standard InChI is InChI=1S/C16H16BrF2NO/c1-9-3-4-12(17)8-15(9)21-16-13(18)6-11(5-10(2)20)7-14(16)19/h3-4,6-8,10H,5,20H2,1-2H3. The van der Waals surface area contributed by atoms with Gasteiger partial charge in [-0.25, -0.2) is 8.78 Å². The Kier molecular flexibility index (Phi) is 4.96. The number of hydrogen-bond donors (Lipinski definition) is 1. The van der Waals surface area contributed by atoms with E-state index < -0.39 is 17.4 Å². The summed E-state index contributed by atoms with van der Waals surface area (Å²) in [5, 5.41) is 0. The average molecular weight is 356 g/mol. The highest BCUT2D eigenvalue weighted by Crippen LogP contribution is 2.32. The highest BCUT2D eigenvalue weighted by molar-refractivity contribution is 9.10. The van der Waals surface area contributed by atoms with E-state index in [4.69, 9.17) is 10.5 Å². The van der Waals surface area contributed by atoms with Crippen LogP contribution in [0.4, 0.5) is 8.78 Å². The Morgan fingerprint density at radius 3 is 2.38 bits per heavy atom. The molecule has 0 saturated heterocycles. The number of halogens is 3. The van der Waals surface area contributed by atoms with Crippen molar-refractivity contribution in [3.8, 4) is 11.5 Å². The Hall–Kier alpha value is -1.46. The number of benzene rings is 2. The molecule has 0 spiro atoms. The number of ether oxygens (including phenoxy) is 1. The first-order chi connectivity index (χ1) is 9.86. The molecular weight excluding hydrogens is 340 g/mol. The average Bonchev–Trinajstić information content (AvgIpc) is 2.37. The molecule has 112 valence electrons. The van der Waals surface area contributed by atoms with Gasteiger partial charge in [-0.05, 0) is 55.7 Å². The fourth-order valence-corrected chi connectivity index (χ4v) is 2.33. The summed E-state index contributed by atoms with van der Waals surface area (Å²) in [4.78, 5) is 0. The summed E-state index contributed by atoms with van der Waals surface area (Å²) in [5.41, 5.74) is 6.94. The van der Waals surface area contributed by atoms with E-state index in [2.05, 4.69) is 15.9 Å². The van der Waals surface area contributed by atoms with E-state index >= 15 is 0 Å². The Labute approximate surface area is 131 Å². The SMILES string of the molecule is Cc1ccc(Br)cc1Oc1c(F)cc(CC(C)N)cc1F. The molecule has 2 rings (SSSR count). The number of nitrogens with two attached hydrogens (primary N) is 1. The van der Waals surface area contributed by atoms with Crippen LogP contribution in [0.5, 0.6) is 11.5 Å². The van der Waals surface area contributed by atoms with Crippen LogP contribution in [0.25, 0.3) is 0 Å². The first kappa shape index (κ1) is 15.9. The van der Waals surface area contributed by atoms with Gasteiger partial charge in [-0.1, -0.05) is 22.0 Å². The van der Waals surface area contributed by atoms with Gasteiger partial charge in [0.05, 0.1) is 0 Å². The second-order valence-corrected chi connectivity index (χ2v) is 6.00. The highest BCUT2D eigenvalue weighted by atomic mass is 79.9. The topological polar surface area (TPSA) is 35.2 Å². The molecule has 0 aliphatic heterocycles. The van der Waals surface area contributed by atoms with Gasteiger partial charge in [-0.3, -0.25) is 0 Å². The van der Waals surface area contributed by atoms with Crippen molar-refractivity contribution in [2.45, 2.75) is 26.3 Å². The molecule has 0 heterocycles. The molecule has 1 atom stereocenters. The fourth-order valence-electron chi connectivity index (χ4n) is 1.99. The molecule has 0 radical (unpaired) electrons. The molecule has 0 aliphatic rings. The van der Waals surface area contributed by atoms with Crippen molar-refractivity contribution in [3.05, 3.63) is 57.6 Å². The van der Waals surface area contributed by atoms with E-state index in [9.17, 15) is 8.78 Å². The molecule has 0 aromatic heterocycles.